The second kappa shape index (κ2) is 5.95. The molecule has 1 aromatic heterocycles. The van der Waals surface area contributed by atoms with E-state index in [1.54, 1.807) is 23.5 Å². The second-order valence-electron chi connectivity index (χ2n) is 6.49. The van der Waals surface area contributed by atoms with Gasteiger partial charge in [-0.3, -0.25) is 9.97 Å². The quantitative estimate of drug-likeness (QED) is 0.842. The van der Waals surface area contributed by atoms with Gasteiger partial charge >= 0.3 is 6.09 Å². The van der Waals surface area contributed by atoms with Gasteiger partial charge in [0.15, 0.2) is 0 Å². The zero-order valence-electron chi connectivity index (χ0n) is 12.8. The van der Waals surface area contributed by atoms with Gasteiger partial charge in [0.05, 0.1) is 5.69 Å². The second-order valence-corrected chi connectivity index (χ2v) is 6.49. The first-order chi connectivity index (χ1) is 9.77. The summed E-state index contributed by atoms with van der Waals surface area (Å²) >= 11 is 0. The average Bonchev–Trinajstić information content (AvgIpc) is 2.38. The topological polar surface area (TPSA) is 55.3 Å². The Morgan fingerprint density at radius 2 is 2.05 bits per heavy atom. The van der Waals surface area contributed by atoms with Crippen molar-refractivity contribution < 1.29 is 13.9 Å². The fourth-order valence-electron chi connectivity index (χ4n) is 2.34. The number of hydrogen-bond donors (Lipinski definition) is 0. The molecule has 0 aromatic carbocycles. The van der Waals surface area contributed by atoms with Gasteiger partial charge in [-0.05, 0) is 33.6 Å². The lowest BCUT2D eigenvalue weighted by Crippen LogP contribution is -2.47. The van der Waals surface area contributed by atoms with Gasteiger partial charge in [-0.15, -0.1) is 0 Å². The van der Waals surface area contributed by atoms with Crippen LogP contribution >= 0.6 is 0 Å². The standard InChI is InChI=1S/C15H22FN3O2/c1-14(2,3)21-13(20)19-8-4-15(16,5-9-19)10-12-11-17-6-7-18-12/h6-7,11H,4-5,8-10H2,1-3H3. The third kappa shape index (κ3) is 4.65. The first kappa shape index (κ1) is 15.7. The average molecular weight is 295 g/mol. The Balaban J connectivity index is 1.89. The number of aromatic nitrogens is 2. The van der Waals surface area contributed by atoms with E-state index in [-0.39, 0.29) is 12.5 Å². The van der Waals surface area contributed by atoms with Crippen LogP contribution in [0.4, 0.5) is 9.18 Å². The van der Waals surface area contributed by atoms with Gasteiger partial charge in [-0.25, -0.2) is 9.18 Å². The zero-order chi connectivity index (χ0) is 15.5. The fraction of sp³-hybridized carbons (Fsp3) is 0.667. The fourth-order valence-corrected chi connectivity index (χ4v) is 2.34. The molecule has 0 aliphatic carbocycles. The van der Waals surface area contributed by atoms with Crippen molar-refractivity contribution in [2.75, 3.05) is 13.1 Å². The van der Waals surface area contributed by atoms with Gasteiger partial charge in [0.2, 0.25) is 0 Å². The Bertz CT molecular complexity index is 479. The van der Waals surface area contributed by atoms with Crippen molar-refractivity contribution in [3.63, 3.8) is 0 Å². The van der Waals surface area contributed by atoms with Gasteiger partial charge in [-0.2, -0.15) is 0 Å². The summed E-state index contributed by atoms with van der Waals surface area (Å²) in [4.78, 5) is 21.6. The Kier molecular flexibility index (Phi) is 4.44. The Hall–Kier alpha value is -1.72. The lowest BCUT2D eigenvalue weighted by molar-refractivity contribution is 0.00321. The number of likely N-dealkylation sites (tertiary alicyclic amines) is 1. The molecule has 2 rings (SSSR count). The van der Waals surface area contributed by atoms with E-state index < -0.39 is 11.3 Å². The van der Waals surface area contributed by atoms with Crippen LogP contribution in [0.3, 0.4) is 0 Å². The number of alkyl halides is 1. The summed E-state index contributed by atoms with van der Waals surface area (Å²) in [7, 11) is 0. The maximum absolute atomic E-state index is 14.8. The summed E-state index contributed by atoms with van der Waals surface area (Å²) in [6.07, 6.45) is 5.17. The summed E-state index contributed by atoms with van der Waals surface area (Å²) < 4.78 is 20.1. The minimum absolute atomic E-state index is 0.239. The third-order valence-corrected chi connectivity index (χ3v) is 3.43. The highest BCUT2D eigenvalue weighted by molar-refractivity contribution is 5.68. The zero-order valence-corrected chi connectivity index (χ0v) is 12.8. The lowest BCUT2D eigenvalue weighted by Gasteiger charge is -2.36. The van der Waals surface area contributed by atoms with Gasteiger partial charge in [0.1, 0.15) is 11.3 Å². The van der Waals surface area contributed by atoms with E-state index in [0.29, 0.717) is 31.6 Å². The van der Waals surface area contributed by atoms with E-state index in [2.05, 4.69) is 9.97 Å². The molecule has 0 radical (unpaired) electrons. The first-order valence-corrected chi connectivity index (χ1v) is 7.19. The molecular weight excluding hydrogens is 273 g/mol. The van der Waals surface area contributed by atoms with Crippen LogP contribution in [0, 0.1) is 0 Å². The summed E-state index contributed by atoms with van der Waals surface area (Å²) in [5.41, 5.74) is -1.21. The number of halogens is 1. The van der Waals surface area contributed by atoms with Crippen molar-refractivity contribution in [3.05, 3.63) is 24.3 Å². The molecule has 5 nitrogen and oxygen atoms in total. The number of carbonyl (C=O) groups excluding carboxylic acids is 1. The van der Waals surface area contributed by atoms with Crippen molar-refractivity contribution in [1.82, 2.24) is 14.9 Å². The molecule has 0 bridgehead atoms. The number of rotatable bonds is 2. The molecule has 1 aliphatic rings. The Morgan fingerprint density at radius 1 is 1.38 bits per heavy atom. The van der Waals surface area contributed by atoms with Gasteiger partial charge in [-0.1, -0.05) is 0 Å². The van der Waals surface area contributed by atoms with Crippen molar-refractivity contribution in [2.24, 2.45) is 0 Å². The van der Waals surface area contributed by atoms with E-state index in [1.165, 1.54) is 0 Å². The molecule has 0 N–H and O–H groups in total. The molecule has 2 heterocycles. The Morgan fingerprint density at radius 3 is 2.57 bits per heavy atom. The first-order valence-electron chi connectivity index (χ1n) is 7.19. The van der Waals surface area contributed by atoms with Crippen molar-refractivity contribution in [1.29, 1.82) is 0 Å². The smallest absolute Gasteiger partial charge is 0.410 e. The summed E-state index contributed by atoms with van der Waals surface area (Å²) in [6.45, 7) is 6.20. The van der Waals surface area contributed by atoms with Crippen molar-refractivity contribution >= 4 is 6.09 Å². The number of nitrogens with zero attached hydrogens (tertiary/aromatic N) is 3. The predicted octanol–water partition coefficient (Wildman–Crippen LogP) is 2.76. The van der Waals surface area contributed by atoms with Crippen molar-refractivity contribution in [2.45, 2.75) is 51.3 Å². The lowest BCUT2D eigenvalue weighted by atomic mass is 9.89. The van der Waals surface area contributed by atoms with Crippen LogP contribution in [0.25, 0.3) is 0 Å². The normalized spacial score (nSPS) is 18.4. The van der Waals surface area contributed by atoms with Gasteiger partial charge in [0.25, 0.3) is 0 Å². The molecule has 1 aliphatic heterocycles. The van der Waals surface area contributed by atoms with Crippen molar-refractivity contribution in [3.8, 4) is 0 Å². The largest absolute Gasteiger partial charge is 0.444 e. The maximum atomic E-state index is 14.8. The molecule has 1 amide bonds. The molecule has 21 heavy (non-hydrogen) atoms. The van der Waals surface area contributed by atoms with Crippen LogP contribution in [0.5, 0.6) is 0 Å². The molecule has 1 fully saturated rings. The van der Waals surface area contributed by atoms with E-state index >= 15 is 0 Å². The summed E-state index contributed by atoms with van der Waals surface area (Å²) in [5.74, 6) is 0. The monoisotopic (exact) mass is 295 g/mol. The number of piperidine rings is 1. The highest BCUT2D eigenvalue weighted by Crippen LogP contribution is 2.30. The number of carbonyl (C=O) groups is 1. The summed E-state index contributed by atoms with van der Waals surface area (Å²) in [5, 5.41) is 0. The minimum Gasteiger partial charge on any atom is -0.444 e. The van der Waals surface area contributed by atoms with E-state index in [9.17, 15) is 9.18 Å². The van der Waals surface area contributed by atoms with Crippen LogP contribution in [0.1, 0.15) is 39.3 Å². The molecule has 0 atom stereocenters. The van der Waals surface area contributed by atoms with Crippen LogP contribution in [0.15, 0.2) is 18.6 Å². The maximum Gasteiger partial charge on any atom is 0.410 e. The summed E-state index contributed by atoms with van der Waals surface area (Å²) in [6, 6.07) is 0. The molecule has 0 unspecified atom stereocenters. The van der Waals surface area contributed by atoms with E-state index in [1.807, 2.05) is 20.8 Å². The Labute approximate surface area is 124 Å². The third-order valence-electron chi connectivity index (χ3n) is 3.43. The predicted molar refractivity (Wildman–Crippen MR) is 76.6 cm³/mol. The van der Waals surface area contributed by atoms with Crippen LogP contribution in [0.2, 0.25) is 0 Å². The molecular formula is C15H22FN3O2. The van der Waals surface area contributed by atoms with E-state index in [4.69, 9.17) is 4.74 Å². The van der Waals surface area contributed by atoms with Crippen LogP contribution < -0.4 is 0 Å². The number of ether oxygens (including phenoxy) is 1. The highest BCUT2D eigenvalue weighted by atomic mass is 19.1. The van der Waals surface area contributed by atoms with E-state index in [0.717, 1.165) is 0 Å². The minimum atomic E-state index is -1.32. The molecule has 6 heteroatoms. The molecule has 1 aromatic rings. The van der Waals surface area contributed by atoms with Gasteiger partial charge < -0.3 is 9.64 Å². The number of amides is 1. The number of hydrogen-bond acceptors (Lipinski definition) is 4. The molecule has 0 spiro atoms. The van der Waals surface area contributed by atoms with Crippen LogP contribution in [-0.2, 0) is 11.2 Å². The SMILES string of the molecule is CC(C)(C)OC(=O)N1CCC(F)(Cc2cnccn2)CC1. The highest BCUT2D eigenvalue weighted by Gasteiger charge is 2.37. The molecule has 0 saturated carbocycles. The molecule has 116 valence electrons. The van der Waals surface area contributed by atoms with Crippen LogP contribution in [-0.4, -0.2) is 45.3 Å². The molecule has 1 saturated heterocycles. The van der Waals surface area contributed by atoms with Gasteiger partial charge in [0, 0.05) is 38.1 Å².